The second-order valence-electron chi connectivity index (χ2n) is 5.10. The lowest BCUT2D eigenvalue weighted by atomic mass is 10.0. The molecular weight excluding hydrogens is 256 g/mol. The van der Waals surface area contributed by atoms with Gasteiger partial charge in [-0.1, -0.05) is 43.3 Å². The minimum atomic E-state index is -0.628. The molecule has 20 heavy (non-hydrogen) atoms. The standard InChI is InChI=1S/C15H20N2O3/c1-10(2)11-4-6-12(7-5-11)15-16-14(20-17-15)8-13(18)9-19-3/h4-7,10,13,18H,8-9H2,1-3H3. The van der Waals surface area contributed by atoms with E-state index in [4.69, 9.17) is 9.26 Å². The summed E-state index contributed by atoms with van der Waals surface area (Å²) < 4.78 is 10.0. The smallest absolute Gasteiger partial charge is 0.229 e. The topological polar surface area (TPSA) is 68.4 Å². The molecule has 0 aliphatic carbocycles. The molecule has 1 unspecified atom stereocenters. The van der Waals surface area contributed by atoms with E-state index in [1.54, 1.807) is 7.11 Å². The molecule has 1 heterocycles. The minimum Gasteiger partial charge on any atom is -0.390 e. The molecule has 1 N–H and O–H groups in total. The average Bonchev–Trinajstić information content (AvgIpc) is 2.87. The summed E-state index contributed by atoms with van der Waals surface area (Å²) in [6.45, 7) is 4.55. The van der Waals surface area contributed by atoms with Crippen molar-refractivity contribution in [3.63, 3.8) is 0 Å². The van der Waals surface area contributed by atoms with Crippen LogP contribution in [0.4, 0.5) is 0 Å². The Morgan fingerprint density at radius 2 is 1.95 bits per heavy atom. The van der Waals surface area contributed by atoms with Crippen LogP contribution < -0.4 is 0 Å². The lowest BCUT2D eigenvalue weighted by molar-refractivity contribution is 0.0599. The van der Waals surface area contributed by atoms with E-state index in [-0.39, 0.29) is 6.61 Å². The molecule has 1 atom stereocenters. The number of aromatic nitrogens is 2. The fraction of sp³-hybridized carbons (Fsp3) is 0.467. The van der Waals surface area contributed by atoms with Gasteiger partial charge >= 0.3 is 0 Å². The zero-order valence-electron chi connectivity index (χ0n) is 12.0. The molecule has 5 nitrogen and oxygen atoms in total. The van der Waals surface area contributed by atoms with E-state index >= 15 is 0 Å². The summed E-state index contributed by atoms with van der Waals surface area (Å²) in [5, 5.41) is 13.6. The molecule has 0 saturated carbocycles. The summed E-state index contributed by atoms with van der Waals surface area (Å²) in [6.07, 6.45) is -0.332. The Kier molecular flexibility index (Phi) is 4.87. The van der Waals surface area contributed by atoms with Gasteiger partial charge in [0.15, 0.2) is 0 Å². The van der Waals surface area contributed by atoms with Crippen LogP contribution in [0.3, 0.4) is 0 Å². The molecule has 0 spiro atoms. The third kappa shape index (κ3) is 3.65. The van der Waals surface area contributed by atoms with Gasteiger partial charge in [-0.2, -0.15) is 4.98 Å². The fourth-order valence-electron chi connectivity index (χ4n) is 1.93. The quantitative estimate of drug-likeness (QED) is 0.877. The van der Waals surface area contributed by atoms with Gasteiger partial charge in [0.25, 0.3) is 0 Å². The normalized spacial score (nSPS) is 12.8. The van der Waals surface area contributed by atoms with Crippen molar-refractivity contribution in [3.05, 3.63) is 35.7 Å². The Bertz CT molecular complexity index is 534. The molecule has 108 valence electrons. The van der Waals surface area contributed by atoms with Crippen molar-refractivity contribution in [1.82, 2.24) is 10.1 Å². The largest absolute Gasteiger partial charge is 0.390 e. The van der Waals surface area contributed by atoms with Crippen molar-refractivity contribution < 1.29 is 14.4 Å². The lowest BCUT2D eigenvalue weighted by Gasteiger charge is -2.05. The molecule has 1 aromatic carbocycles. The summed E-state index contributed by atoms with van der Waals surface area (Å²) >= 11 is 0. The Morgan fingerprint density at radius 3 is 2.55 bits per heavy atom. The van der Waals surface area contributed by atoms with Crippen LogP contribution in [-0.2, 0) is 11.2 Å². The zero-order valence-corrected chi connectivity index (χ0v) is 12.0. The summed E-state index contributed by atoms with van der Waals surface area (Å²) in [5.74, 6) is 1.45. The highest BCUT2D eigenvalue weighted by Crippen LogP contribution is 2.20. The van der Waals surface area contributed by atoms with Gasteiger partial charge in [0.2, 0.25) is 11.7 Å². The highest BCUT2D eigenvalue weighted by molar-refractivity contribution is 5.54. The summed E-state index contributed by atoms with van der Waals surface area (Å²) in [4.78, 5) is 4.28. The number of hydrogen-bond donors (Lipinski definition) is 1. The van der Waals surface area contributed by atoms with E-state index in [2.05, 4.69) is 36.1 Å². The third-order valence-corrected chi connectivity index (χ3v) is 3.07. The molecule has 0 fully saturated rings. The maximum absolute atomic E-state index is 9.63. The maximum atomic E-state index is 9.63. The molecule has 0 aliphatic rings. The van der Waals surface area contributed by atoms with Crippen molar-refractivity contribution >= 4 is 0 Å². The first-order valence-corrected chi connectivity index (χ1v) is 6.70. The number of methoxy groups -OCH3 is 1. The first kappa shape index (κ1) is 14.7. The summed E-state index contributed by atoms with van der Waals surface area (Å²) in [7, 11) is 1.54. The molecule has 0 saturated heterocycles. The summed E-state index contributed by atoms with van der Waals surface area (Å²) in [5.41, 5.74) is 2.18. The number of aliphatic hydroxyl groups is 1. The average molecular weight is 276 g/mol. The van der Waals surface area contributed by atoms with E-state index in [9.17, 15) is 5.11 Å². The number of ether oxygens (including phenoxy) is 1. The first-order chi connectivity index (χ1) is 9.60. The van der Waals surface area contributed by atoms with Gasteiger partial charge in [-0.05, 0) is 11.5 Å². The number of hydrogen-bond acceptors (Lipinski definition) is 5. The predicted molar refractivity (Wildman–Crippen MR) is 75.4 cm³/mol. The number of nitrogens with zero attached hydrogens (tertiary/aromatic N) is 2. The molecular formula is C15H20N2O3. The van der Waals surface area contributed by atoms with Crippen molar-refractivity contribution in [3.8, 4) is 11.4 Å². The van der Waals surface area contributed by atoms with Gasteiger partial charge in [0.05, 0.1) is 19.1 Å². The van der Waals surface area contributed by atoms with Crippen molar-refractivity contribution in [2.75, 3.05) is 13.7 Å². The highest BCUT2D eigenvalue weighted by Gasteiger charge is 2.13. The van der Waals surface area contributed by atoms with Crippen LogP contribution in [0.2, 0.25) is 0 Å². The lowest BCUT2D eigenvalue weighted by Crippen LogP contribution is -2.17. The van der Waals surface area contributed by atoms with Crippen LogP contribution in [0.5, 0.6) is 0 Å². The molecule has 0 radical (unpaired) electrons. The Labute approximate surface area is 118 Å². The van der Waals surface area contributed by atoms with Crippen LogP contribution >= 0.6 is 0 Å². The van der Waals surface area contributed by atoms with Gasteiger partial charge in [-0.15, -0.1) is 0 Å². The molecule has 0 amide bonds. The Balaban J connectivity index is 2.08. The van der Waals surface area contributed by atoms with Crippen LogP contribution in [0, 0.1) is 0 Å². The fourth-order valence-corrected chi connectivity index (χ4v) is 1.93. The monoisotopic (exact) mass is 276 g/mol. The first-order valence-electron chi connectivity index (χ1n) is 6.70. The predicted octanol–water partition coefficient (Wildman–Crippen LogP) is 2.41. The minimum absolute atomic E-state index is 0.251. The Morgan fingerprint density at radius 1 is 1.25 bits per heavy atom. The van der Waals surface area contributed by atoms with Crippen LogP contribution in [0.1, 0.15) is 31.2 Å². The second kappa shape index (κ2) is 6.63. The van der Waals surface area contributed by atoms with Crippen molar-refractivity contribution in [2.24, 2.45) is 0 Å². The van der Waals surface area contributed by atoms with E-state index in [1.807, 2.05) is 12.1 Å². The summed E-state index contributed by atoms with van der Waals surface area (Å²) in [6, 6.07) is 8.09. The molecule has 2 rings (SSSR count). The SMILES string of the molecule is COCC(O)Cc1nc(-c2ccc(C(C)C)cc2)no1. The maximum Gasteiger partial charge on any atom is 0.229 e. The second-order valence-corrected chi connectivity index (χ2v) is 5.10. The molecule has 5 heteroatoms. The molecule has 0 aliphatic heterocycles. The highest BCUT2D eigenvalue weighted by atomic mass is 16.5. The molecule has 2 aromatic rings. The van der Waals surface area contributed by atoms with Gasteiger partial charge in [0.1, 0.15) is 0 Å². The van der Waals surface area contributed by atoms with E-state index in [0.29, 0.717) is 24.1 Å². The Hall–Kier alpha value is -1.72. The molecule has 1 aromatic heterocycles. The number of rotatable bonds is 6. The van der Waals surface area contributed by atoms with Crippen molar-refractivity contribution in [1.29, 1.82) is 0 Å². The van der Waals surface area contributed by atoms with E-state index in [0.717, 1.165) is 5.56 Å². The van der Waals surface area contributed by atoms with Gasteiger partial charge in [-0.25, -0.2) is 0 Å². The van der Waals surface area contributed by atoms with Crippen LogP contribution in [-0.4, -0.2) is 35.1 Å². The third-order valence-electron chi connectivity index (χ3n) is 3.07. The van der Waals surface area contributed by atoms with Crippen LogP contribution in [0.15, 0.2) is 28.8 Å². The number of benzene rings is 1. The van der Waals surface area contributed by atoms with Gasteiger partial charge < -0.3 is 14.4 Å². The van der Waals surface area contributed by atoms with Crippen molar-refractivity contribution in [2.45, 2.75) is 32.3 Å². The van der Waals surface area contributed by atoms with E-state index < -0.39 is 6.10 Å². The van der Waals surface area contributed by atoms with Gasteiger partial charge in [0, 0.05) is 12.7 Å². The van der Waals surface area contributed by atoms with E-state index in [1.165, 1.54) is 5.56 Å². The molecule has 0 bridgehead atoms. The van der Waals surface area contributed by atoms with Gasteiger partial charge in [-0.3, -0.25) is 0 Å². The van der Waals surface area contributed by atoms with Crippen LogP contribution in [0.25, 0.3) is 11.4 Å². The number of aliphatic hydroxyl groups excluding tert-OH is 1. The zero-order chi connectivity index (χ0) is 14.5.